The number of nitrogens with two attached hydrogens (primary N) is 1. The van der Waals surface area contributed by atoms with Gasteiger partial charge in [0.25, 0.3) is 0 Å². The maximum Gasteiger partial charge on any atom is 0.0156 e. The van der Waals surface area contributed by atoms with Gasteiger partial charge in [-0.1, -0.05) is 27.2 Å². The zero-order valence-corrected chi connectivity index (χ0v) is 9.49. The van der Waals surface area contributed by atoms with Gasteiger partial charge in [-0.25, -0.2) is 0 Å². The van der Waals surface area contributed by atoms with Crippen LogP contribution >= 0.6 is 11.8 Å². The van der Waals surface area contributed by atoms with Crippen molar-refractivity contribution in [3.63, 3.8) is 0 Å². The molecule has 0 heterocycles. The van der Waals surface area contributed by atoms with Crippen molar-refractivity contribution < 1.29 is 0 Å². The Morgan fingerprint density at radius 3 is 2.42 bits per heavy atom. The van der Waals surface area contributed by atoms with Crippen molar-refractivity contribution in [1.29, 1.82) is 0 Å². The van der Waals surface area contributed by atoms with E-state index in [1.54, 1.807) is 0 Å². The summed E-state index contributed by atoms with van der Waals surface area (Å²) in [7, 11) is 0. The fourth-order valence-electron chi connectivity index (χ4n) is 1.20. The summed E-state index contributed by atoms with van der Waals surface area (Å²) in [5.74, 6) is 3.08. The second-order valence-corrected chi connectivity index (χ2v) is 4.65. The Bertz CT molecular complexity index is 95.8. The van der Waals surface area contributed by atoms with Crippen molar-refractivity contribution in [2.75, 3.05) is 11.5 Å². The minimum Gasteiger partial charge on any atom is -0.327 e. The first-order valence-corrected chi connectivity index (χ1v) is 6.21. The van der Waals surface area contributed by atoms with Crippen LogP contribution in [-0.2, 0) is 0 Å². The van der Waals surface area contributed by atoms with Gasteiger partial charge in [0.1, 0.15) is 0 Å². The van der Waals surface area contributed by atoms with Crippen molar-refractivity contribution in [1.82, 2.24) is 0 Å². The van der Waals surface area contributed by atoms with E-state index in [0.29, 0.717) is 12.0 Å². The van der Waals surface area contributed by atoms with E-state index >= 15 is 0 Å². The van der Waals surface area contributed by atoms with E-state index in [2.05, 4.69) is 20.8 Å². The molecule has 0 rings (SSSR count). The molecule has 1 nitrogen and oxygen atoms in total. The van der Waals surface area contributed by atoms with Crippen LogP contribution in [0.1, 0.15) is 40.0 Å². The van der Waals surface area contributed by atoms with E-state index in [0.717, 1.165) is 5.75 Å². The molecule has 12 heavy (non-hydrogen) atoms. The minimum absolute atomic E-state index is 0.404. The molecule has 0 spiro atoms. The highest BCUT2D eigenvalue weighted by Crippen LogP contribution is 2.13. The average molecular weight is 189 g/mol. The van der Waals surface area contributed by atoms with Gasteiger partial charge in [0.15, 0.2) is 0 Å². The first-order valence-electron chi connectivity index (χ1n) is 5.05. The molecule has 0 amide bonds. The summed E-state index contributed by atoms with van der Waals surface area (Å²) in [6, 6.07) is 0.404. The summed E-state index contributed by atoms with van der Waals surface area (Å²) in [6.45, 7) is 6.71. The summed E-state index contributed by atoms with van der Waals surface area (Å²) < 4.78 is 0. The molecule has 0 aromatic carbocycles. The highest BCUT2D eigenvalue weighted by molar-refractivity contribution is 7.99. The molecule has 74 valence electrons. The highest BCUT2D eigenvalue weighted by atomic mass is 32.2. The summed E-state index contributed by atoms with van der Waals surface area (Å²) in [6.07, 6.45) is 3.79. The third-order valence-corrected chi connectivity index (χ3v) is 3.45. The standard InChI is InChI=1S/C10H23NS/c1-4-6-9(3)10(11)8-12-7-5-2/h9-10H,4-8,11H2,1-3H3. The van der Waals surface area contributed by atoms with Crippen LogP contribution in [0.15, 0.2) is 0 Å². The van der Waals surface area contributed by atoms with Gasteiger partial charge in [-0.05, 0) is 24.5 Å². The lowest BCUT2D eigenvalue weighted by molar-refractivity contribution is 0.450. The molecule has 2 unspecified atom stereocenters. The van der Waals surface area contributed by atoms with Gasteiger partial charge in [-0.15, -0.1) is 0 Å². The molecule has 0 saturated carbocycles. The maximum atomic E-state index is 6.02. The Morgan fingerprint density at radius 2 is 1.92 bits per heavy atom. The lowest BCUT2D eigenvalue weighted by Gasteiger charge is -2.18. The van der Waals surface area contributed by atoms with Gasteiger partial charge in [-0.2, -0.15) is 11.8 Å². The molecule has 0 bridgehead atoms. The predicted octanol–water partition coefficient (Wildman–Crippen LogP) is 2.89. The van der Waals surface area contributed by atoms with E-state index in [1.807, 2.05) is 11.8 Å². The molecule has 0 fully saturated rings. The van der Waals surface area contributed by atoms with E-state index in [4.69, 9.17) is 5.73 Å². The molecule has 0 aromatic heterocycles. The maximum absolute atomic E-state index is 6.02. The van der Waals surface area contributed by atoms with E-state index in [9.17, 15) is 0 Å². The average Bonchev–Trinajstić information content (AvgIpc) is 2.05. The molecule has 0 aliphatic rings. The summed E-state index contributed by atoms with van der Waals surface area (Å²) in [4.78, 5) is 0. The van der Waals surface area contributed by atoms with Crippen molar-refractivity contribution in [2.45, 2.75) is 46.1 Å². The molecule has 2 atom stereocenters. The third-order valence-electron chi connectivity index (χ3n) is 2.13. The summed E-state index contributed by atoms with van der Waals surface area (Å²) >= 11 is 1.99. The van der Waals surface area contributed by atoms with Crippen LogP contribution in [0.2, 0.25) is 0 Å². The fourth-order valence-corrected chi connectivity index (χ4v) is 2.25. The number of rotatable bonds is 7. The van der Waals surface area contributed by atoms with Gasteiger partial charge in [0, 0.05) is 11.8 Å². The minimum atomic E-state index is 0.404. The molecule has 0 aromatic rings. The van der Waals surface area contributed by atoms with E-state index in [-0.39, 0.29) is 0 Å². The van der Waals surface area contributed by atoms with E-state index in [1.165, 1.54) is 25.0 Å². The summed E-state index contributed by atoms with van der Waals surface area (Å²) in [5.41, 5.74) is 6.02. The number of hydrogen-bond donors (Lipinski definition) is 1. The first kappa shape index (κ1) is 12.3. The van der Waals surface area contributed by atoms with Crippen molar-refractivity contribution >= 4 is 11.8 Å². The SMILES string of the molecule is CCCSCC(N)C(C)CCC. The summed E-state index contributed by atoms with van der Waals surface area (Å²) in [5, 5.41) is 0. The molecular formula is C10H23NS. The molecule has 0 radical (unpaired) electrons. The lowest BCUT2D eigenvalue weighted by atomic mass is 9.99. The lowest BCUT2D eigenvalue weighted by Crippen LogP contribution is -2.30. The monoisotopic (exact) mass is 189 g/mol. The Labute approximate surface area is 81.5 Å². The van der Waals surface area contributed by atoms with Crippen molar-refractivity contribution in [3.8, 4) is 0 Å². The van der Waals surface area contributed by atoms with Gasteiger partial charge < -0.3 is 5.73 Å². The van der Waals surface area contributed by atoms with Gasteiger partial charge in [-0.3, -0.25) is 0 Å². The highest BCUT2D eigenvalue weighted by Gasteiger charge is 2.10. The number of thioether (sulfide) groups is 1. The fraction of sp³-hybridized carbons (Fsp3) is 1.00. The second kappa shape index (κ2) is 7.93. The van der Waals surface area contributed by atoms with Crippen LogP contribution in [0.5, 0.6) is 0 Å². The molecule has 0 saturated heterocycles. The quantitative estimate of drug-likeness (QED) is 0.623. The van der Waals surface area contributed by atoms with Crippen LogP contribution in [0, 0.1) is 5.92 Å². The zero-order valence-electron chi connectivity index (χ0n) is 8.68. The normalized spacial score (nSPS) is 16.0. The van der Waals surface area contributed by atoms with Gasteiger partial charge in [0.05, 0.1) is 0 Å². The van der Waals surface area contributed by atoms with Crippen molar-refractivity contribution in [3.05, 3.63) is 0 Å². The second-order valence-electron chi connectivity index (χ2n) is 3.50. The molecule has 2 N–H and O–H groups in total. The predicted molar refractivity (Wildman–Crippen MR) is 59.7 cm³/mol. The Balaban J connectivity index is 3.35. The van der Waals surface area contributed by atoms with Crippen LogP contribution in [-0.4, -0.2) is 17.5 Å². The largest absolute Gasteiger partial charge is 0.327 e. The van der Waals surface area contributed by atoms with Crippen molar-refractivity contribution in [2.24, 2.45) is 11.7 Å². The van der Waals surface area contributed by atoms with Crippen LogP contribution in [0.25, 0.3) is 0 Å². The Hall–Kier alpha value is 0.310. The van der Waals surface area contributed by atoms with Gasteiger partial charge in [0.2, 0.25) is 0 Å². The molecule has 0 aliphatic heterocycles. The first-order chi connectivity index (χ1) is 5.72. The van der Waals surface area contributed by atoms with E-state index < -0.39 is 0 Å². The molecule has 0 aliphatic carbocycles. The van der Waals surface area contributed by atoms with Gasteiger partial charge >= 0.3 is 0 Å². The Morgan fingerprint density at radius 1 is 1.25 bits per heavy atom. The molecular weight excluding hydrogens is 166 g/mol. The van der Waals surface area contributed by atoms with Crippen LogP contribution in [0.4, 0.5) is 0 Å². The zero-order chi connectivity index (χ0) is 9.40. The third kappa shape index (κ3) is 5.90. The van der Waals surface area contributed by atoms with Crippen LogP contribution < -0.4 is 5.73 Å². The molecule has 2 heteroatoms. The smallest absolute Gasteiger partial charge is 0.0156 e. The Kier molecular flexibility index (Phi) is 8.14. The number of hydrogen-bond acceptors (Lipinski definition) is 2. The topological polar surface area (TPSA) is 26.0 Å². The van der Waals surface area contributed by atoms with Crippen LogP contribution in [0.3, 0.4) is 0 Å².